The number of benzene rings is 1. The highest BCUT2D eigenvalue weighted by Crippen LogP contribution is 2.18. The highest BCUT2D eigenvalue weighted by atomic mass is 32.2. The number of rotatable bonds is 6. The van der Waals surface area contributed by atoms with Crippen molar-refractivity contribution >= 4 is 21.8 Å². The molecule has 1 aromatic rings. The summed E-state index contributed by atoms with van der Waals surface area (Å²) in [7, 11) is -3.73. The van der Waals surface area contributed by atoms with Gasteiger partial charge in [-0.05, 0) is 43.9 Å². The fraction of sp³-hybridized carbons (Fsp3) is 0.619. The lowest BCUT2D eigenvalue weighted by atomic mass is 10.1. The highest BCUT2D eigenvalue weighted by molar-refractivity contribution is 7.89. The van der Waals surface area contributed by atoms with Gasteiger partial charge in [0.25, 0.3) is 11.8 Å². The number of sulfonamides is 1. The van der Waals surface area contributed by atoms with E-state index in [2.05, 4.69) is 4.72 Å². The van der Waals surface area contributed by atoms with E-state index in [4.69, 9.17) is 9.47 Å². The van der Waals surface area contributed by atoms with Crippen molar-refractivity contribution in [1.82, 2.24) is 14.5 Å². The first kappa shape index (κ1) is 22.2. The minimum Gasteiger partial charge on any atom is -0.377 e. The molecular weight excluding hydrogens is 422 g/mol. The molecule has 3 aliphatic rings. The van der Waals surface area contributed by atoms with E-state index in [-0.39, 0.29) is 35.5 Å². The first-order chi connectivity index (χ1) is 14.9. The van der Waals surface area contributed by atoms with E-state index >= 15 is 0 Å². The SMILES string of the molecule is O=C(c1cccc(S(=O)(=O)NCC2CCCO2)c1)N1CCN(C(=O)C2CCCO2)CC1. The molecule has 9 nitrogen and oxygen atoms in total. The summed E-state index contributed by atoms with van der Waals surface area (Å²) < 4.78 is 38.8. The molecule has 4 rings (SSSR count). The molecule has 1 aromatic carbocycles. The van der Waals surface area contributed by atoms with Crippen LogP contribution in [0.4, 0.5) is 0 Å². The molecule has 0 radical (unpaired) electrons. The number of nitrogens with one attached hydrogen (secondary N) is 1. The molecular formula is C21H29N3O6S. The van der Waals surface area contributed by atoms with Gasteiger partial charge in [-0.15, -0.1) is 0 Å². The van der Waals surface area contributed by atoms with Crippen molar-refractivity contribution in [3.05, 3.63) is 29.8 Å². The third-order valence-electron chi connectivity index (χ3n) is 6.00. The van der Waals surface area contributed by atoms with Crippen LogP contribution in [0.5, 0.6) is 0 Å². The fourth-order valence-corrected chi connectivity index (χ4v) is 5.29. The second-order valence-electron chi connectivity index (χ2n) is 8.13. The highest BCUT2D eigenvalue weighted by Gasteiger charge is 2.31. The summed E-state index contributed by atoms with van der Waals surface area (Å²) in [6.07, 6.45) is 2.96. The number of hydrogen-bond donors (Lipinski definition) is 1. The van der Waals surface area contributed by atoms with Crippen molar-refractivity contribution in [1.29, 1.82) is 0 Å². The van der Waals surface area contributed by atoms with Crippen LogP contribution >= 0.6 is 0 Å². The van der Waals surface area contributed by atoms with Gasteiger partial charge in [0, 0.05) is 51.5 Å². The van der Waals surface area contributed by atoms with Gasteiger partial charge in [-0.1, -0.05) is 6.07 Å². The van der Waals surface area contributed by atoms with Gasteiger partial charge >= 0.3 is 0 Å². The monoisotopic (exact) mass is 451 g/mol. The Morgan fingerprint density at radius 2 is 1.71 bits per heavy atom. The molecule has 31 heavy (non-hydrogen) atoms. The van der Waals surface area contributed by atoms with Gasteiger partial charge < -0.3 is 19.3 Å². The van der Waals surface area contributed by atoms with Crippen molar-refractivity contribution in [3.63, 3.8) is 0 Å². The zero-order valence-electron chi connectivity index (χ0n) is 17.5. The number of piperazine rings is 1. The number of ether oxygens (including phenoxy) is 2. The average molecular weight is 452 g/mol. The van der Waals surface area contributed by atoms with Crippen LogP contribution in [0.1, 0.15) is 36.0 Å². The van der Waals surface area contributed by atoms with E-state index in [1.54, 1.807) is 21.9 Å². The lowest BCUT2D eigenvalue weighted by molar-refractivity contribution is -0.142. The molecule has 0 saturated carbocycles. The van der Waals surface area contributed by atoms with Crippen molar-refractivity contribution in [2.75, 3.05) is 45.9 Å². The van der Waals surface area contributed by atoms with Gasteiger partial charge in [0.05, 0.1) is 11.0 Å². The van der Waals surface area contributed by atoms with Gasteiger partial charge in [0.15, 0.2) is 0 Å². The molecule has 1 N–H and O–H groups in total. The molecule has 3 aliphatic heterocycles. The maximum atomic E-state index is 12.9. The summed E-state index contributed by atoms with van der Waals surface area (Å²) in [5.41, 5.74) is 0.318. The Balaban J connectivity index is 1.35. The van der Waals surface area contributed by atoms with Crippen LogP contribution in [0.2, 0.25) is 0 Å². The first-order valence-electron chi connectivity index (χ1n) is 10.8. The number of hydrogen-bond acceptors (Lipinski definition) is 6. The maximum Gasteiger partial charge on any atom is 0.254 e. The molecule has 2 atom stereocenters. The smallest absolute Gasteiger partial charge is 0.254 e. The predicted molar refractivity (Wildman–Crippen MR) is 112 cm³/mol. The molecule has 0 aliphatic carbocycles. The molecule has 2 amide bonds. The Morgan fingerprint density at radius 1 is 1.00 bits per heavy atom. The Hall–Kier alpha value is -2.01. The third kappa shape index (κ3) is 5.25. The van der Waals surface area contributed by atoms with E-state index in [0.717, 1.165) is 25.7 Å². The number of carbonyl (C=O) groups is 2. The lowest BCUT2D eigenvalue weighted by Crippen LogP contribution is -2.52. The van der Waals surface area contributed by atoms with Crippen LogP contribution in [0, 0.1) is 0 Å². The molecule has 0 spiro atoms. The van der Waals surface area contributed by atoms with E-state index in [1.807, 2.05) is 0 Å². The summed E-state index contributed by atoms with van der Waals surface area (Å²) in [6, 6.07) is 6.08. The topological polar surface area (TPSA) is 105 Å². The maximum absolute atomic E-state index is 12.9. The van der Waals surface area contributed by atoms with Gasteiger partial charge in [-0.3, -0.25) is 9.59 Å². The van der Waals surface area contributed by atoms with Crippen molar-refractivity contribution in [3.8, 4) is 0 Å². The molecule has 0 aromatic heterocycles. The molecule has 170 valence electrons. The second kappa shape index (κ2) is 9.64. The third-order valence-corrected chi connectivity index (χ3v) is 7.42. The van der Waals surface area contributed by atoms with Gasteiger partial charge in [0.2, 0.25) is 10.0 Å². The molecule has 3 heterocycles. The van der Waals surface area contributed by atoms with Gasteiger partial charge in [-0.25, -0.2) is 13.1 Å². The summed E-state index contributed by atoms with van der Waals surface area (Å²) >= 11 is 0. The molecule has 3 fully saturated rings. The molecule has 3 saturated heterocycles. The van der Waals surface area contributed by atoms with Gasteiger partial charge in [0.1, 0.15) is 6.10 Å². The van der Waals surface area contributed by atoms with E-state index in [9.17, 15) is 18.0 Å². The standard InChI is InChI=1S/C21H29N3O6S/c25-20(23-8-10-24(11-9-23)21(26)19-7-3-13-30-19)16-4-1-6-18(14-16)31(27,28)22-15-17-5-2-12-29-17/h1,4,6,14,17,19,22H,2-3,5,7-13,15H2. The minimum absolute atomic E-state index is 0.00462. The summed E-state index contributed by atoms with van der Waals surface area (Å²) in [6.45, 7) is 3.22. The van der Waals surface area contributed by atoms with Crippen LogP contribution in [-0.2, 0) is 24.3 Å². The van der Waals surface area contributed by atoms with Crippen LogP contribution in [0.3, 0.4) is 0 Å². The van der Waals surface area contributed by atoms with E-state index in [1.165, 1.54) is 12.1 Å². The number of carbonyl (C=O) groups excluding carboxylic acids is 2. The largest absolute Gasteiger partial charge is 0.377 e. The Labute approximate surface area is 182 Å². The fourth-order valence-electron chi connectivity index (χ4n) is 4.18. The Kier molecular flexibility index (Phi) is 6.90. The van der Waals surface area contributed by atoms with Crippen LogP contribution < -0.4 is 4.72 Å². The van der Waals surface area contributed by atoms with Crippen LogP contribution in [-0.4, -0.2) is 88.2 Å². The predicted octanol–water partition coefficient (Wildman–Crippen LogP) is 0.607. The minimum atomic E-state index is -3.73. The lowest BCUT2D eigenvalue weighted by Gasteiger charge is -2.35. The molecule has 2 unspecified atom stereocenters. The summed E-state index contributed by atoms with van der Waals surface area (Å²) in [5.74, 6) is -0.240. The Bertz CT molecular complexity index is 901. The normalized spacial score (nSPS) is 24.5. The van der Waals surface area contributed by atoms with E-state index in [0.29, 0.717) is 45.0 Å². The quantitative estimate of drug-likeness (QED) is 0.679. The van der Waals surface area contributed by atoms with Crippen molar-refractivity contribution in [2.24, 2.45) is 0 Å². The van der Waals surface area contributed by atoms with Crippen molar-refractivity contribution < 1.29 is 27.5 Å². The van der Waals surface area contributed by atoms with Crippen molar-refractivity contribution in [2.45, 2.75) is 42.8 Å². The number of amides is 2. The molecule has 10 heteroatoms. The second-order valence-corrected chi connectivity index (χ2v) is 9.90. The summed E-state index contributed by atoms with van der Waals surface area (Å²) in [4.78, 5) is 28.9. The zero-order valence-corrected chi connectivity index (χ0v) is 18.3. The van der Waals surface area contributed by atoms with Crippen LogP contribution in [0.25, 0.3) is 0 Å². The Morgan fingerprint density at radius 3 is 2.39 bits per heavy atom. The zero-order chi connectivity index (χ0) is 21.8. The molecule has 0 bridgehead atoms. The summed E-state index contributed by atoms with van der Waals surface area (Å²) in [5, 5.41) is 0. The number of nitrogens with zero attached hydrogens (tertiary/aromatic N) is 2. The average Bonchev–Trinajstić information content (AvgIpc) is 3.51. The van der Waals surface area contributed by atoms with Gasteiger partial charge in [-0.2, -0.15) is 0 Å². The van der Waals surface area contributed by atoms with Crippen LogP contribution in [0.15, 0.2) is 29.2 Å². The van der Waals surface area contributed by atoms with E-state index < -0.39 is 10.0 Å². The first-order valence-corrected chi connectivity index (χ1v) is 12.3.